The monoisotopic (exact) mass is 242 g/mol. The summed E-state index contributed by atoms with van der Waals surface area (Å²) in [7, 11) is 2.22. The van der Waals surface area contributed by atoms with Crippen molar-refractivity contribution in [1.29, 1.82) is 0 Å². The molecule has 0 aliphatic carbocycles. The van der Waals surface area contributed by atoms with Gasteiger partial charge in [-0.15, -0.1) is 0 Å². The van der Waals surface area contributed by atoms with Crippen LogP contribution in [0.5, 0.6) is 0 Å². The van der Waals surface area contributed by atoms with Gasteiger partial charge in [0.05, 0.1) is 6.61 Å². The van der Waals surface area contributed by atoms with Crippen molar-refractivity contribution in [2.75, 3.05) is 39.9 Å². The van der Waals surface area contributed by atoms with Gasteiger partial charge in [0.2, 0.25) is 0 Å². The summed E-state index contributed by atoms with van der Waals surface area (Å²) in [6.45, 7) is 9.88. The van der Waals surface area contributed by atoms with E-state index >= 15 is 0 Å². The molecule has 0 aromatic carbocycles. The van der Waals surface area contributed by atoms with Gasteiger partial charge in [-0.1, -0.05) is 13.3 Å². The molecule has 0 aromatic heterocycles. The van der Waals surface area contributed by atoms with Crippen LogP contribution in [0.25, 0.3) is 0 Å². The van der Waals surface area contributed by atoms with Gasteiger partial charge in [-0.25, -0.2) is 0 Å². The topological polar surface area (TPSA) is 24.5 Å². The van der Waals surface area contributed by atoms with Crippen LogP contribution in [0.1, 0.15) is 39.5 Å². The van der Waals surface area contributed by atoms with Crippen LogP contribution >= 0.6 is 0 Å². The molecule has 3 nitrogen and oxygen atoms in total. The maximum atomic E-state index is 5.52. The SMILES string of the molecule is CCCC(C)NCCN(C)CC1CCCOC1. The molecule has 0 bridgehead atoms. The molecule has 1 heterocycles. The molecule has 1 aliphatic rings. The van der Waals surface area contributed by atoms with Crippen molar-refractivity contribution in [3.63, 3.8) is 0 Å². The lowest BCUT2D eigenvalue weighted by Gasteiger charge is -2.27. The van der Waals surface area contributed by atoms with Crippen molar-refractivity contribution in [3.05, 3.63) is 0 Å². The minimum absolute atomic E-state index is 0.659. The number of nitrogens with one attached hydrogen (secondary N) is 1. The molecule has 2 unspecified atom stereocenters. The summed E-state index contributed by atoms with van der Waals surface area (Å²) in [5, 5.41) is 3.58. The Morgan fingerprint density at radius 1 is 1.47 bits per heavy atom. The van der Waals surface area contributed by atoms with E-state index in [9.17, 15) is 0 Å². The van der Waals surface area contributed by atoms with Crippen molar-refractivity contribution in [3.8, 4) is 0 Å². The Morgan fingerprint density at radius 2 is 2.29 bits per heavy atom. The summed E-state index contributed by atoms with van der Waals surface area (Å²) >= 11 is 0. The second-order valence-electron chi connectivity index (χ2n) is 5.49. The summed E-state index contributed by atoms with van der Waals surface area (Å²) in [4.78, 5) is 2.44. The molecule has 1 N–H and O–H groups in total. The minimum atomic E-state index is 0.659. The van der Waals surface area contributed by atoms with Crippen LogP contribution in [0.4, 0.5) is 0 Å². The molecule has 2 atom stereocenters. The Kier molecular flexibility index (Phi) is 7.82. The van der Waals surface area contributed by atoms with Crippen LogP contribution < -0.4 is 5.32 Å². The van der Waals surface area contributed by atoms with Gasteiger partial charge >= 0.3 is 0 Å². The number of likely N-dealkylation sites (N-methyl/N-ethyl adjacent to an activating group) is 1. The van der Waals surface area contributed by atoms with Crippen molar-refractivity contribution >= 4 is 0 Å². The van der Waals surface area contributed by atoms with Crippen LogP contribution in [-0.4, -0.2) is 50.8 Å². The molecule has 102 valence electrons. The van der Waals surface area contributed by atoms with Gasteiger partial charge in [-0.2, -0.15) is 0 Å². The van der Waals surface area contributed by atoms with E-state index in [1.54, 1.807) is 0 Å². The lowest BCUT2D eigenvalue weighted by molar-refractivity contribution is 0.0421. The number of hydrogen-bond acceptors (Lipinski definition) is 3. The van der Waals surface area contributed by atoms with Gasteiger partial charge in [-0.05, 0) is 39.2 Å². The third-order valence-electron chi connectivity index (χ3n) is 3.53. The number of rotatable bonds is 8. The maximum absolute atomic E-state index is 5.52. The van der Waals surface area contributed by atoms with Gasteiger partial charge in [0, 0.05) is 32.3 Å². The molecular formula is C14H30N2O. The van der Waals surface area contributed by atoms with Crippen LogP contribution in [0.15, 0.2) is 0 Å². The van der Waals surface area contributed by atoms with Crippen LogP contribution in [0.2, 0.25) is 0 Å². The minimum Gasteiger partial charge on any atom is -0.381 e. The van der Waals surface area contributed by atoms with E-state index in [4.69, 9.17) is 4.74 Å². The highest BCUT2D eigenvalue weighted by atomic mass is 16.5. The first-order valence-corrected chi connectivity index (χ1v) is 7.22. The number of ether oxygens (including phenoxy) is 1. The molecule has 0 saturated carbocycles. The molecule has 3 heteroatoms. The van der Waals surface area contributed by atoms with E-state index in [1.807, 2.05) is 0 Å². The standard InChI is InChI=1S/C14H30N2O/c1-4-6-13(2)15-8-9-16(3)11-14-7-5-10-17-12-14/h13-15H,4-12H2,1-3H3. The summed E-state index contributed by atoms with van der Waals surface area (Å²) < 4.78 is 5.52. The van der Waals surface area contributed by atoms with Crippen molar-refractivity contribution in [2.45, 2.75) is 45.6 Å². The second-order valence-corrected chi connectivity index (χ2v) is 5.49. The second kappa shape index (κ2) is 8.90. The predicted octanol–water partition coefficient (Wildman–Crippen LogP) is 2.12. The summed E-state index contributed by atoms with van der Waals surface area (Å²) in [5.41, 5.74) is 0. The smallest absolute Gasteiger partial charge is 0.0506 e. The number of nitrogens with zero attached hydrogens (tertiary/aromatic N) is 1. The first-order chi connectivity index (χ1) is 8.22. The molecule has 0 radical (unpaired) electrons. The molecule has 0 spiro atoms. The summed E-state index contributed by atoms with van der Waals surface area (Å²) in [6.07, 6.45) is 5.12. The average Bonchev–Trinajstić information content (AvgIpc) is 2.30. The van der Waals surface area contributed by atoms with Gasteiger partial charge in [0.15, 0.2) is 0 Å². The zero-order chi connectivity index (χ0) is 12.5. The maximum Gasteiger partial charge on any atom is 0.0506 e. The van der Waals surface area contributed by atoms with Crippen LogP contribution in [0.3, 0.4) is 0 Å². The summed E-state index contributed by atoms with van der Waals surface area (Å²) in [5.74, 6) is 0.752. The Balaban J connectivity index is 2.02. The van der Waals surface area contributed by atoms with Gasteiger partial charge in [0.25, 0.3) is 0 Å². The lowest BCUT2D eigenvalue weighted by Crippen LogP contribution is -2.37. The van der Waals surface area contributed by atoms with Crippen molar-refractivity contribution in [2.24, 2.45) is 5.92 Å². The highest BCUT2D eigenvalue weighted by molar-refractivity contribution is 4.68. The average molecular weight is 242 g/mol. The highest BCUT2D eigenvalue weighted by Gasteiger charge is 2.15. The normalized spacial score (nSPS) is 22.9. The molecule has 1 saturated heterocycles. The third kappa shape index (κ3) is 7.02. The molecular weight excluding hydrogens is 212 g/mol. The quantitative estimate of drug-likeness (QED) is 0.705. The predicted molar refractivity (Wildman–Crippen MR) is 73.4 cm³/mol. The molecule has 1 rings (SSSR count). The fraction of sp³-hybridized carbons (Fsp3) is 1.00. The lowest BCUT2D eigenvalue weighted by atomic mass is 10.0. The molecule has 0 amide bonds. The first kappa shape index (κ1) is 14.9. The summed E-state index contributed by atoms with van der Waals surface area (Å²) in [6, 6.07) is 0.659. The zero-order valence-electron chi connectivity index (χ0n) is 11.9. The Labute approximate surface area is 107 Å². The van der Waals surface area contributed by atoms with Crippen molar-refractivity contribution < 1.29 is 4.74 Å². The van der Waals surface area contributed by atoms with E-state index in [0.29, 0.717) is 6.04 Å². The fourth-order valence-electron chi connectivity index (χ4n) is 2.52. The third-order valence-corrected chi connectivity index (χ3v) is 3.53. The van der Waals surface area contributed by atoms with Crippen molar-refractivity contribution in [1.82, 2.24) is 10.2 Å². The molecule has 17 heavy (non-hydrogen) atoms. The van der Waals surface area contributed by atoms with Gasteiger partial charge in [0.1, 0.15) is 0 Å². The Morgan fingerprint density at radius 3 is 2.94 bits per heavy atom. The van der Waals surface area contributed by atoms with Gasteiger partial charge < -0.3 is 15.0 Å². The number of hydrogen-bond donors (Lipinski definition) is 1. The fourth-order valence-corrected chi connectivity index (χ4v) is 2.52. The Hall–Kier alpha value is -0.120. The molecule has 1 fully saturated rings. The van der Waals surface area contributed by atoms with Crippen LogP contribution in [-0.2, 0) is 4.74 Å². The van der Waals surface area contributed by atoms with E-state index in [0.717, 1.165) is 32.2 Å². The van der Waals surface area contributed by atoms with E-state index in [-0.39, 0.29) is 0 Å². The first-order valence-electron chi connectivity index (χ1n) is 7.22. The van der Waals surface area contributed by atoms with E-state index in [1.165, 1.54) is 32.2 Å². The largest absolute Gasteiger partial charge is 0.381 e. The molecule has 0 aromatic rings. The zero-order valence-corrected chi connectivity index (χ0v) is 11.9. The van der Waals surface area contributed by atoms with Gasteiger partial charge in [-0.3, -0.25) is 0 Å². The van der Waals surface area contributed by atoms with E-state index in [2.05, 4.69) is 31.1 Å². The highest BCUT2D eigenvalue weighted by Crippen LogP contribution is 2.13. The Bertz CT molecular complexity index is 181. The molecule has 1 aliphatic heterocycles. The van der Waals surface area contributed by atoms with E-state index < -0.39 is 0 Å². The van der Waals surface area contributed by atoms with Crippen LogP contribution in [0, 0.1) is 5.92 Å².